The molecule has 5 nitrogen and oxygen atoms in total. The van der Waals surface area contributed by atoms with Crippen molar-refractivity contribution in [3.8, 4) is 56.5 Å². The maximum absolute atomic E-state index is 4.92. The summed E-state index contributed by atoms with van der Waals surface area (Å²) in [4.78, 5) is 25.1. The van der Waals surface area contributed by atoms with Crippen LogP contribution in [0.2, 0.25) is 0 Å². The van der Waals surface area contributed by atoms with Gasteiger partial charge in [0.2, 0.25) is 0 Å². The Morgan fingerprint density at radius 3 is 1.63 bits per heavy atom. The molecule has 4 aromatic heterocycles. The Hall–Kier alpha value is -5.59. The Morgan fingerprint density at radius 1 is 0.395 bits per heavy atom. The zero-order valence-electron chi connectivity index (χ0n) is 22.9. The van der Waals surface area contributed by atoms with Crippen LogP contribution in [0.1, 0.15) is 0 Å². The first kappa shape index (κ1) is 25.1. The van der Waals surface area contributed by atoms with Crippen LogP contribution in [0.3, 0.4) is 0 Å². The van der Waals surface area contributed by atoms with Gasteiger partial charge in [0.1, 0.15) is 4.83 Å². The number of thiophene rings is 1. The molecule has 43 heavy (non-hydrogen) atoms. The van der Waals surface area contributed by atoms with Gasteiger partial charge in [0.15, 0.2) is 17.5 Å². The highest BCUT2D eigenvalue weighted by Gasteiger charge is 2.15. The Bertz CT molecular complexity index is 2190. The van der Waals surface area contributed by atoms with Crippen molar-refractivity contribution in [3.05, 3.63) is 140 Å². The van der Waals surface area contributed by atoms with E-state index in [1.54, 1.807) is 11.3 Å². The highest BCUT2D eigenvalue weighted by Crippen LogP contribution is 2.38. The van der Waals surface area contributed by atoms with Crippen molar-refractivity contribution < 1.29 is 0 Å². The second kappa shape index (κ2) is 10.7. The number of pyridine rings is 2. The van der Waals surface area contributed by atoms with Gasteiger partial charge >= 0.3 is 0 Å². The van der Waals surface area contributed by atoms with Crippen LogP contribution in [-0.4, -0.2) is 24.9 Å². The highest BCUT2D eigenvalue weighted by atomic mass is 32.1. The average Bonchev–Trinajstić information content (AvgIpc) is 3.48. The van der Waals surface area contributed by atoms with Gasteiger partial charge in [-0.2, -0.15) is 0 Å². The molecule has 0 spiro atoms. The predicted molar refractivity (Wildman–Crippen MR) is 175 cm³/mol. The molecule has 0 aliphatic rings. The Labute approximate surface area is 252 Å². The molecule has 6 heteroatoms. The van der Waals surface area contributed by atoms with Crippen LogP contribution in [0.25, 0.3) is 76.9 Å². The first-order chi connectivity index (χ1) is 21.3. The molecule has 202 valence electrons. The fourth-order valence-corrected chi connectivity index (χ4v) is 6.51. The van der Waals surface area contributed by atoms with E-state index < -0.39 is 0 Å². The number of benzene rings is 4. The third kappa shape index (κ3) is 4.74. The predicted octanol–water partition coefficient (Wildman–Crippen LogP) is 9.36. The van der Waals surface area contributed by atoms with E-state index in [4.69, 9.17) is 19.9 Å². The highest BCUT2D eigenvalue weighted by molar-refractivity contribution is 7.25. The number of rotatable bonds is 5. The molecule has 0 N–H and O–H groups in total. The SMILES string of the molecule is c1ccc(-c2nc(-c3ccccc3)nc(-c3cccc(-c4cccc(-c5nccc6c5sc5ncccc56)c4)c3)n2)cc1. The first-order valence-corrected chi connectivity index (χ1v) is 14.8. The van der Waals surface area contributed by atoms with E-state index in [-0.39, 0.29) is 0 Å². The number of fused-ring (bicyclic) bond motifs is 3. The Balaban J connectivity index is 1.22. The minimum atomic E-state index is 0.634. The van der Waals surface area contributed by atoms with Gasteiger partial charge in [-0.3, -0.25) is 4.98 Å². The van der Waals surface area contributed by atoms with Crippen molar-refractivity contribution in [3.63, 3.8) is 0 Å². The van der Waals surface area contributed by atoms with Gasteiger partial charge in [-0.25, -0.2) is 19.9 Å². The summed E-state index contributed by atoms with van der Waals surface area (Å²) in [5.41, 5.74) is 7.03. The van der Waals surface area contributed by atoms with Crippen LogP contribution in [0.5, 0.6) is 0 Å². The van der Waals surface area contributed by atoms with Gasteiger partial charge in [-0.05, 0) is 41.5 Å². The quantitative estimate of drug-likeness (QED) is 0.207. The summed E-state index contributed by atoms with van der Waals surface area (Å²) in [5.74, 6) is 1.93. The normalized spacial score (nSPS) is 11.3. The second-order valence-corrected chi connectivity index (χ2v) is 11.2. The summed E-state index contributed by atoms with van der Waals surface area (Å²) in [6.45, 7) is 0. The second-order valence-electron chi connectivity index (χ2n) is 10.2. The lowest BCUT2D eigenvalue weighted by atomic mass is 9.99. The molecule has 0 fully saturated rings. The number of hydrogen-bond donors (Lipinski definition) is 0. The van der Waals surface area contributed by atoms with E-state index in [0.29, 0.717) is 17.5 Å². The van der Waals surface area contributed by atoms with Gasteiger partial charge in [-0.15, -0.1) is 11.3 Å². The fraction of sp³-hybridized carbons (Fsp3) is 0. The topological polar surface area (TPSA) is 64.5 Å². The number of nitrogens with zero attached hydrogens (tertiary/aromatic N) is 5. The van der Waals surface area contributed by atoms with E-state index in [1.165, 1.54) is 5.39 Å². The molecule has 0 aliphatic heterocycles. The molecular weight excluding hydrogens is 547 g/mol. The summed E-state index contributed by atoms with van der Waals surface area (Å²) >= 11 is 1.69. The first-order valence-electron chi connectivity index (χ1n) is 14.0. The number of hydrogen-bond acceptors (Lipinski definition) is 6. The fourth-order valence-electron chi connectivity index (χ4n) is 5.36. The molecule has 0 unspecified atom stereocenters. The van der Waals surface area contributed by atoms with Gasteiger partial charge < -0.3 is 0 Å². The third-order valence-electron chi connectivity index (χ3n) is 7.45. The van der Waals surface area contributed by atoms with E-state index in [2.05, 4.69) is 65.6 Å². The van der Waals surface area contributed by atoms with E-state index in [0.717, 1.165) is 54.0 Å². The van der Waals surface area contributed by atoms with Crippen molar-refractivity contribution in [2.45, 2.75) is 0 Å². The van der Waals surface area contributed by atoms with Crippen molar-refractivity contribution in [2.24, 2.45) is 0 Å². The monoisotopic (exact) mass is 569 g/mol. The Morgan fingerprint density at radius 2 is 0.953 bits per heavy atom. The molecule has 0 amide bonds. The molecule has 8 aromatic rings. The maximum atomic E-state index is 4.92. The van der Waals surface area contributed by atoms with Crippen molar-refractivity contribution in [2.75, 3.05) is 0 Å². The van der Waals surface area contributed by atoms with Crippen LogP contribution in [0.15, 0.2) is 140 Å². The lowest BCUT2D eigenvalue weighted by Crippen LogP contribution is -2.00. The number of aromatic nitrogens is 5. The minimum absolute atomic E-state index is 0.634. The molecule has 0 bridgehead atoms. The third-order valence-corrected chi connectivity index (χ3v) is 8.59. The van der Waals surface area contributed by atoms with E-state index in [9.17, 15) is 0 Å². The van der Waals surface area contributed by atoms with Gasteiger partial charge in [-0.1, -0.05) is 97.1 Å². The summed E-state index contributed by atoms with van der Waals surface area (Å²) in [6, 6.07) is 43.2. The van der Waals surface area contributed by atoms with Gasteiger partial charge in [0, 0.05) is 45.4 Å². The molecule has 0 atom stereocenters. The molecule has 4 heterocycles. The molecule has 0 radical (unpaired) electrons. The van der Waals surface area contributed by atoms with Crippen LogP contribution >= 0.6 is 11.3 Å². The largest absolute Gasteiger partial charge is 0.255 e. The van der Waals surface area contributed by atoms with E-state index in [1.807, 2.05) is 79.1 Å². The maximum Gasteiger partial charge on any atom is 0.164 e. The summed E-state index contributed by atoms with van der Waals surface area (Å²) in [5, 5.41) is 2.35. The lowest BCUT2D eigenvalue weighted by molar-refractivity contribution is 1.07. The van der Waals surface area contributed by atoms with Crippen LogP contribution in [-0.2, 0) is 0 Å². The minimum Gasteiger partial charge on any atom is -0.255 e. The smallest absolute Gasteiger partial charge is 0.164 e. The molecular formula is C37H23N5S. The van der Waals surface area contributed by atoms with Crippen molar-refractivity contribution in [1.29, 1.82) is 0 Å². The molecule has 4 aromatic carbocycles. The summed E-state index contributed by atoms with van der Waals surface area (Å²) in [7, 11) is 0. The standard InChI is InChI=1S/C37H23N5S/c1-3-10-24(11-4-1)34-40-35(25-12-5-2-6-13-25)42-36(41-34)29-17-8-15-27(23-29)26-14-7-16-28(22-26)32-33-30(19-21-38-32)31-18-9-20-39-37(31)43-33/h1-23H. The van der Waals surface area contributed by atoms with Gasteiger partial charge in [0.05, 0.1) is 10.4 Å². The lowest BCUT2D eigenvalue weighted by Gasteiger charge is -2.10. The zero-order chi connectivity index (χ0) is 28.6. The molecule has 0 saturated carbocycles. The Kier molecular flexibility index (Phi) is 6.24. The average molecular weight is 570 g/mol. The molecule has 0 aliphatic carbocycles. The molecule has 0 saturated heterocycles. The van der Waals surface area contributed by atoms with Crippen LogP contribution in [0.4, 0.5) is 0 Å². The van der Waals surface area contributed by atoms with Crippen LogP contribution < -0.4 is 0 Å². The zero-order valence-corrected chi connectivity index (χ0v) is 23.7. The molecule has 8 rings (SSSR count). The summed E-state index contributed by atoms with van der Waals surface area (Å²) in [6.07, 6.45) is 3.73. The van der Waals surface area contributed by atoms with Crippen LogP contribution in [0, 0.1) is 0 Å². The van der Waals surface area contributed by atoms with E-state index >= 15 is 0 Å². The summed E-state index contributed by atoms with van der Waals surface area (Å²) < 4.78 is 1.15. The van der Waals surface area contributed by atoms with Crippen molar-refractivity contribution >= 4 is 31.6 Å². The van der Waals surface area contributed by atoms with Gasteiger partial charge in [0.25, 0.3) is 0 Å². The van der Waals surface area contributed by atoms with Crippen molar-refractivity contribution in [1.82, 2.24) is 24.9 Å².